The first-order chi connectivity index (χ1) is 24.3. The van der Waals surface area contributed by atoms with Crippen molar-refractivity contribution >= 4 is 54.3 Å². The highest BCUT2D eigenvalue weighted by molar-refractivity contribution is 6.22. The Morgan fingerprint density at radius 1 is 0.327 bits per heavy atom. The van der Waals surface area contributed by atoms with Gasteiger partial charge in [-0.05, 0) is 61.6 Å². The fourth-order valence-corrected chi connectivity index (χ4v) is 7.22. The Morgan fingerprint density at radius 3 is 1.84 bits per heavy atom. The minimum Gasteiger partial charge on any atom is -0.456 e. The lowest BCUT2D eigenvalue weighted by atomic mass is 9.94. The molecule has 10 rings (SSSR count). The molecule has 0 fully saturated rings. The molecule has 0 aliphatic rings. The van der Waals surface area contributed by atoms with Crippen molar-refractivity contribution in [2.45, 2.75) is 0 Å². The van der Waals surface area contributed by atoms with Crippen molar-refractivity contribution in [3.63, 3.8) is 0 Å². The highest BCUT2D eigenvalue weighted by atomic mass is 16.3. The van der Waals surface area contributed by atoms with E-state index in [0.29, 0.717) is 17.5 Å². The lowest BCUT2D eigenvalue weighted by Crippen LogP contribution is -2.01. The second-order valence-electron chi connectivity index (χ2n) is 12.4. The van der Waals surface area contributed by atoms with Crippen LogP contribution < -0.4 is 0 Å². The normalized spacial score (nSPS) is 11.7. The van der Waals surface area contributed by atoms with Crippen molar-refractivity contribution in [2.75, 3.05) is 0 Å². The summed E-state index contributed by atoms with van der Waals surface area (Å²) in [5.41, 5.74) is 6.70. The van der Waals surface area contributed by atoms with Gasteiger partial charge in [0.05, 0.1) is 0 Å². The predicted molar refractivity (Wildman–Crippen MR) is 201 cm³/mol. The van der Waals surface area contributed by atoms with Crippen LogP contribution in [-0.2, 0) is 0 Å². The molecule has 228 valence electrons. The topological polar surface area (TPSA) is 51.8 Å². The Hall–Kier alpha value is -6.65. The molecule has 0 unspecified atom stereocenters. The van der Waals surface area contributed by atoms with Gasteiger partial charge in [0.15, 0.2) is 17.5 Å². The number of benzene rings is 8. The van der Waals surface area contributed by atoms with Crippen LogP contribution in [0.5, 0.6) is 0 Å². The first kappa shape index (κ1) is 27.5. The van der Waals surface area contributed by atoms with Crippen molar-refractivity contribution in [2.24, 2.45) is 0 Å². The van der Waals surface area contributed by atoms with Crippen LogP contribution in [0.15, 0.2) is 168 Å². The fraction of sp³-hybridized carbons (Fsp3) is 0. The highest BCUT2D eigenvalue weighted by Crippen LogP contribution is 2.40. The third kappa shape index (κ3) is 4.49. The van der Waals surface area contributed by atoms with Gasteiger partial charge in [0.2, 0.25) is 0 Å². The maximum absolute atomic E-state index is 6.40. The summed E-state index contributed by atoms with van der Waals surface area (Å²) in [5.74, 6) is 1.85. The van der Waals surface area contributed by atoms with E-state index in [9.17, 15) is 0 Å². The molecule has 0 saturated carbocycles. The molecule has 0 saturated heterocycles. The van der Waals surface area contributed by atoms with Gasteiger partial charge < -0.3 is 4.42 Å². The minimum absolute atomic E-state index is 0.602. The van der Waals surface area contributed by atoms with Gasteiger partial charge in [-0.3, -0.25) is 0 Å². The largest absolute Gasteiger partial charge is 0.456 e. The molecule has 49 heavy (non-hydrogen) atoms. The third-order valence-corrected chi connectivity index (χ3v) is 9.52. The third-order valence-electron chi connectivity index (χ3n) is 9.52. The fourth-order valence-electron chi connectivity index (χ4n) is 7.22. The van der Waals surface area contributed by atoms with Gasteiger partial charge in [-0.1, -0.05) is 146 Å². The van der Waals surface area contributed by atoms with Crippen molar-refractivity contribution in [1.82, 2.24) is 15.0 Å². The first-order valence-electron chi connectivity index (χ1n) is 16.4. The molecular weight excluding hydrogens is 599 g/mol. The van der Waals surface area contributed by atoms with Crippen LogP contribution in [0.2, 0.25) is 0 Å². The summed E-state index contributed by atoms with van der Waals surface area (Å²) in [4.78, 5) is 15.5. The van der Waals surface area contributed by atoms with E-state index in [4.69, 9.17) is 19.4 Å². The zero-order chi connectivity index (χ0) is 32.3. The molecule has 0 N–H and O–H groups in total. The zero-order valence-corrected chi connectivity index (χ0v) is 26.3. The molecule has 0 aliphatic carbocycles. The number of fused-ring (bicyclic) bond motifs is 8. The van der Waals surface area contributed by atoms with Crippen LogP contribution in [0, 0.1) is 0 Å². The Bertz CT molecular complexity index is 2880. The summed E-state index contributed by atoms with van der Waals surface area (Å²) in [6.07, 6.45) is 0. The molecule has 0 atom stereocenters. The second kappa shape index (κ2) is 11.0. The molecule has 0 spiro atoms. The molecule has 10 aromatic rings. The van der Waals surface area contributed by atoms with E-state index >= 15 is 0 Å². The standard InChI is InChI=1S/C45H27N3O/c1-3-11-28(12-4-1)32-24-26-39-38(27-32)42-37(19-10-20-40(42)49-39)45-47-43(31-14-5-2-6-15-31)46-44(48-45)36-18-9-17-35-34(36)25-23-30-22-21-29-13-7-8-16-33(29)41(30)35/h1-27H. The average molecular weight is 626 g/mol. The van der Waals surface area contributed by atoms with E-state index in [-0.39, 0.29) is 0 Å². The molecule has 0 radical (unpaired) electrons. The summed E-state index contributed by atoms with van der Waals surface area (Å²) in [7, 11) is 0. The predicted octanol–water partition coefficient (Wildman–Crippen LogP) is 11.9. The van der Waals surface area contributed by atoms with E-state index in [2.05, 4.69) is 115 Å². The minimum atomic E-state index is 0.602. The van der Waals surface area contributed by atoms with E-state index in [1.807, 2.05) is 48.5 Å². The molecular formula is C45H27N3O. The monoisotopic (exact) mass is 625 g/mol. The highest BCUT2D eigenvalue weighted by Gasteiger charge is 2.19. The lowest BCUT2D eigenvalue weighted by Gasteiger charge is -2.13. The summed E-state index contributed by atoms with van der Waals surface area (Å²) in [6.45, 7) is 0. The summed E-state index contributed by atoms with van der Waals surface area (Å²) >= 11 is 0. The number of rotatable bonds is 4. The smallest absolute Gasteiger partial charge is 0.164 e. The lowest BCUT2D eigenvalue weighted by molar-refractivity contribution is 0.669. The number of aromatic nitrogens is 3. The average Bonchev–Trinajstić information content (AvgIpc) is 3.56. The molecule has 0 bridgehead atoms. The van der Waals surface area contributed by atoms with Gasteiger partial charge in [0.1, 0.15) is 11.2 Å². The SMILES string of the molecule is c1ccc(-c2ccc3oc4cccc(-c5nc(-c6ccccc6)nc(-c6cccc7c6ccc6ccc8ccccc8c67)n5)c4c3c2)cc1. The zero-order valence-electron chi connectivity index (χ0n) is 26.3. The van der Waals surface area contributed by atoms with Crippen molar-refractivity contribution in [3.8, 4) is 45.3 Å². The molecule has 4 heteroatoms. The van der Waals surface area contributed by atoms with Crippen molar-refractivity contribution in [1.29, 1.82) is 0 Å². The second-order valence-corrected chi connectivity index (χ2v) is 12.4. The molecule has 4 nitrogen and oxygen atoms in total. The summed E-state index contributed by atoms with van der Waals surface area (Å²) in [6, 6.07) is 56.9. The molecule has 8 aromatic carbocycles. The molecule has 2 aromatic heterocycles. The van der Waals surface area contributed by atoms with Gasteiger partial charge in [-0.25, -0.2) is 15.0 Å². The van der Waals surface area contributed by atoms with E-state index < -0.39 is 0 Å². The maximum Gasteiger partial charge on any atom is 0.164 e. The number of hydrogen-bond acceptors (Lipinski definition) is 4. The van der Waals surface area contributed by atoms with Gasteiger partial charge in [-0.2, -0.15) is 0 Å². The van der Waals surface area contributed by atoms with Crippen LogP contribution in [-0.4, -0.2) is 15.0 Å². The van der Waals surface area contributed by atoms with Crippen molar-refractivity contribution in [3.05, 3.63) is 164 Å². The number of nitrogens with zero attached hydrogens (tertiary/aromatic N) is 3. The summed E-state index contributed by atoms with van der Waals surface area (Å²) < 4.78 is 6.40. The van der Waals surface area contributed by atoms with E-state index in [1.165, 1.54) is 26.9 Å². The Morgan fingerprint density at radius 2 is 0.980 bits per heavy atom. The number of furan rings is 1. The summed E-state index contributed by atoms with van der Waals surface area (Å²) in [5, 5.41) is 9.18. The number of hydrogen-bond donors (Lipinski definition) is 0. The Labute approximate surface area is 282 Å². The van der Waals surface area contributed by atoms with Crippen LogP contribution in [0.25, 0.3) is 99.5 Å². The van der Waals surface area contributed by atoms with E-state index in [1.54, 1.807) is 0 Å². The van der Waals surface area contributed by atoms with Gasteiger partial charge in [0.25, 0.3) is 0 Å². The van der Waals surface area contributed by atoms with E-state index in [0.717, 1.165) is 55.1 Å². The quantitative estimate of drug-likeness (QED) is 0.183. The van der Waals surface area contributed by atoms with Gasteiger partial charge >= 0.3 is 0 Å². The Balaban J connectivity index is 1.24. The first-order valence-corrected chi connectivity index (χ1v) is 16.4. The van der Waals surface area contributed by atoms with Crippen LogP contribution in [0.4, 0.5) is 0 Å². The molecule has 0 aliphatic heterocycles. The molecule has 0 amide bonds. The van der Waals surface area contributed by atoms with Gasteiger partial charge in [0, 0.05) is 27.5 Å². The van der Waals surface area contributed by atoms with Crippen molar-refractivity contribution < 1.29 is 4.42 Å². The van der Waals surface area contributed by atoms with Crippen LogP contribution >= 0.6 is 0 Å². The maximum atomic E-state index is 6.40. The Kier molecular flexibility index (Phi) is 6.15. The van der Waals surface area contributed by atoms with Gasteiger partial charge in [-0.15, -0.1) is 0 Å². The van der Waals surface area contributed by atoms with Crippen LogP contribution in [0.1, 0.15) is 0 Å². The molecule has 2 heterocycles. The van der Waals surface area contributed by atoms with Crippen LogP contribution in [0.3, 0.4) is 0 Å².